The average molecular weight is 410 g/mol. The van der Waals surface area contributed by atoms with Crippen molar-refractivity contribution in [3.8, 4) is 10.7 Å². The maximum Gasteiger partial charge on any atom is 0.330 e. The van der Waals surface area contributed by atoms with Gasteiger partial charge in [0.05, 0.1) is 15.6 Å². The first-order valence-corrected chi connectivity index (χ1v) is 8.95. The van der Waals surface area contributed by atoms with Gasteiger partial charge in [0.2, 0.25) is 5.82 Å². The van der Waals surface area contributed by atoms with Crippen LogP contribution in [0.5, 0.6) is 0 Å². The number of nitrogens with zero attached hydrogens (tertiary/aromatic N) is 4. The predicted molar refractivity (Wildman–Crippen MR) is 96.7 cm³/mol. The Morgan fingerprint density at radius 3 is 2.93 bits per heavy atom. The molecule has 1 aromatic carbocycles. The summed E-state index contributed by atoms with van der Waals surface area (Å²) in [6.45, 7) is 1.10. The van der Waals surface area contributed by atoms with E-state index in [1.54, 1.807) is 0 Å². The molecule has 140 valence electrons. The highest BCUT2D eigenvalue weighted by molar-refractivity contribution is 7.13. The molecular formula is C16H13ClFN5O3S. The maximum atomic E-state index is 13.0. The van der Waals surface area contributed by atoms with Crippen LogP contribution in [0.4, 0.5) is 10.1 Å². The van der Waals surface area contributed by atoms with Crippen molar-refractivity contribution in [2.75, 3.05) is 5.32 Å². The Kier molecular flexibility index (Phi) is 5.77. The number of carbonyl (C=O) groups is 2. The summed E-state index contributed by atoms with van der Waals surface area (Å²) < 4.78 is 18.1. The molecule has 27 heavy (non-hydrogen) atoms. The molecule has 0 bridgehead atoms. The van der Waals surface area contributed by atoms with Gasteiger partial charge in [-0.1, -0.05) is 17.7 Å². The molecule has 0 radical (unpaired) electrons. The van der Waals surface area contributed by atoms with E-state index >= 15 is 0 Å². The number of ether oxygens (including phenoxy) is 1. The van der Waals surface area contributed by atoms with Crippen LogP contribution in [0.3, 0.4) is 0 Å². The second-order valence-corrected chi connectivity index (χ2v) is 6.72. The van der Waals surface area contributed by atoms with Crippen LogP contribution in [-0.4, -0.2) is 38.2 Å². The fraction of sp³-hybridized carbons (Fsp3) is 0.188. The fourth-order valence-electron chi connectivity index (χ4n) is 2.04. The second-order valence-electron chi connectivity index (χ2n) is 5.37. The van der Waals surface area contributed by atoms with Crippen LogP contribution in [0.2, 0.25) is 5.02 Å². The lowest BCUT2D eigenvalue weighted by Gasteiger charge is -2.14. The third kappa shape index (κ3) is 4.86. The van der Waals surface area contributed by atoms with Crippen LogP contribution in [0.15, 0.2) is 35.7 Å². The van der Waals surface area contributed by atoms with Crippen LogP contribution >= 0.6 is 22.9 Å². The number of esters is 1. The summed E-state index contributed by atoms with van der Waals surface area (Å²) in [6.07, 6.45) is -1.10. The molecule has 2 aromatic heterocycles. The maximum absolute atomic E-state index is 13.0. The number of benzene rings is 1. The number of hydrogen-bond acceptors (Lipinski definition) is 7. The van der Waals surface area contributed by atoms with Gasteiger partial charge in [-0.05, 0) is 41.8 Å². The number of rotatable bonds is 6. The number of aromatic nitrogens is 4. The highest BCUT2D eigenvalue weighted by Crippen LogP contribution is 2.22. The van der Waals surface area contributed by atoms with E-state index in [9.17, 15) is 14.0 Å². The van der Waals surface area contributed by atoms with Crippen LogP contribution in [0, 0.1) is 5.82 Å². The van der Waals surface area contributed by atoms with Crippen LogP contribution in [-0.2, 0) is 20.9 Å². The van der Waals surface area contributed by atoms with Gasteiger partial charge >= 0.3 is 5.97 Å². The topological polar surface area (TPSA) is 99.0 Å². The minimum atomic E-state index is -1.10. The summed E-state index contributed by atoms with van der Waals surface area (Å²) >= 11 is 7.29. The summed E-state index contributed by atoms with van der Waals surface area (Å²) in [5.74, 6) is -1.45. The summed E-state index contributed by atoms with van der Waals surface area (Å²) in [6, 6.07) is 7.21. The molecule has 11 heteroatoms. The molecule has 0 unspecified atom stereocenters. The molecule has 3 aromatic rings. The van der Waals surface area contributed by atoms with Gasteiger partial charge in [0.1, 0.15) is 5.82 Å². The molecular weight excluding hydrogens is 397 g/mol. The molecule has 3 rings (SSSR count). The largest absolute Gasteiger partial charge is 0.451 e. The average Bonchev–Trinajstić information content (AvgIpc) is 3.28. The Hall–Kier alpha value is -2.85. The predicted octanol–water partition coefficient (Wildman–Crippen LogP) is 2.76. The summed E-state index contributed by atoms with van der Waals surface area (Å²) in [4.78, 5) is 26.0. The van der Waals surface area contributed by atoms with Gasteiger partial charge in [0.15, 0.2) is 12.6 Å². The highest BCUT2D eigenvalue weighted by atomic mass is 35.5. The lowest BCUT2D eigenvalue weighted by atomic mass is 10.3. The van der Waals surface area contributed by atoms with E-state index in [0.717, 1.165) is 21.8 Å². The van der Waals surface area contributed by atoms with Gasteiger partial charge in [-0.3, -0.25) is 4.79 Å². The number of tetrazole rings is 1. The van der Waals surface area contributed by atoms with E-state index < -0.39 is 23.8 Å². The zero-order chi connectivity index (χ0) is 19.4. The third-order valence-electron chi connectivity index (χ3n) is 3.33. The van der Waals surface area contributed by atoms with E-state index in [4.69, 9.17) is 16.3 Å². The van der Waals surface area contributed by atoms with Crippen LogP contribution < -0.4 is 5.32 Å². The zero-order valence-electron chi connectivity index (χ0n) is 13.9. The van der Waals surface area contributed by atoms with Gasteiger partial charge < -0.3 is 10.1 Å². The normalized spacial score (nSPS) is 11.8. The number of halogens is 2. The molecule has 0 saturated carbocycles. The van der Waals surface area contributed by atoms with Gasteiger partial charge in [0, 0.05) is 0 Å². The third-order valence-corrected chi connectivity index (χ3v) is 4.51. The van der Waals surface area contributed by atoms with Gasteiger partial charge in [-0.2, -0.15) is 4.80 Å². The Morgan fingerprint density at radius 2 is 2.22 bits per heavy atom. The minimum absolute atomic E-state index is 0.0369. The van der Waals surface area contributed by atoms with Crippen molar-refractivity contribution in [3.63, 3.8) is 0 Å². The van der Waals surface area contributed by atoms with Crippen LogP contribution in [0.25, 0.3) is 10.7 Å². The van der Waals surface area contributed by atoms with Gasteiger partial charge in [-0.15, -0.1) is 21.5 Å². The monoisotopic (exact) mass is 409 g/mol. The van der Waals surface area contributed by atoms with Crippen molar-refractivity contribution >= 4 is 40.5 Å². The number of anilines is 1. The van der Waals surface area contributed by atoms with Gasteiger partial charge in [-0.25, -0.2) is 9.18 Å². The molecule has 1 amide bonds. The van der Waals surface area contributed by atoms with Crippen molar-refractivity contribution in [2.45, 2.75) is 19.6 Å². The molecule has 0 spiro atoms. The van der Waals surface area contributed by atoms with Crippen LogP contribution in [0.1, 0.15) is 6.92 Å². The lowest BCUT2D eigenvalue weighted by molar-refractivity contribution is -0.154. The van der Waals surface area contributed by atoms with E-state index in [1.807, 2.05) is 17.5 Å². The number of thiophene rings is 1. The molecule has 0 fully saturated rings. The SMILES string of the molecule is C[C@H](OC(=O)Cn1nnc(-c2cccs2)n1)C(=O)Nc1ccc(F)cc1Cl. The molecule has 1 atom stereocenters. The Labute approximate surface area is 161 Å². The molecule has 0 aliphatic heterocycles. The van der Waals surface area contributed by atoms with E-state index in [2.05, 4.69) is 20.7 Å². The van der Waals surface area contributed by atoms with Crippen molar-refractivity contribution < 1.29 is 18.7 Å². The first-order chi connectivity index (χ1) is 12.9. The van der Waals surface area contributed by atoms with E-state index in [1.165, 1.54) is 24.3 Å². The van der Waals surface area contributed by atoms with E-state index in [-0.39, 0.29) is 17.3 Å². The molecule has 0 aliphatic carbocycles. The minimum Gasteiger partial charge on any atom is -0.451 e. The van der Waals surface area contributed by atoms with Gasteiger partial charge in [0.25, 0.3) is 5.91 Å². The Morgan fingerprint density at radius 1 is 1.41 bits per heavy atom. The standard InChI is InChI=1S/C16H13ClFN5O3S/c1-9(16(25)19-12-5-4-10(18)7-11(12)17)26-14(24)8-23-21-15(20-22-23)13-3-2-6-27-13/h2-7,9H,8H2,1H3,(H,19,25)/t9-/m0/s1. The first kappa shape index (κ1) is 18.9. The number of carbonyl (C=O) groups excluding carboxylic acids is 2. The molecule has 0 aliphatic rings. The lowest BCUT2D eigenvalue weighted by Crippen LogP contribution is -2.31. The Bertz CT molecular complexity index is 963. The Balaban J connectivity index is 1.54. The summed E-state index contributed by atoms with van der Waals surface area (Å²) in [5.41, 5.74) is 0.212. The number of hydrogen-bond donors (Lipinski definition) is 1. The van der Waals surface area contributed by atoms with Crippen molar-refractivity contribution in [1.29, 1.82) is 0 Å². The number of amides is 1. The van der Waals surface area contributed by atoms with Crippen molar-refractivity contribution in [2.24, 2.45) is 0 Å². The zero-order valence-corrected chi connectivity index (χ0v) is 15.5. The fourth-order valence-corrected chi connectivity index (χ4v) is 2.91. The summed E-state index contributed by atoms with van der Waals surface area (Å²) in [5, 5.41) is 16.1. The van der Waals surface area contributed by atoms with E-state index in [0.29, 0.717) is 5.82 Å². The van der Waals surface area contributed by atoms with Crippen molar-refractivity contribution in [3.05, 3.63) is 46.6 Å². The molecule has 1 N–H and O–H groups in total. The molecule has 8 nitrogen and oxygen atoms in total. The smallest absolute Gasteiger partial charge is 0.330 e. The number of nitrogens with one attached hydrogen (secondary N) is 1. The molecule has 0 saturated heterocycles. The second kappa shape index (κ2) is 8.23. The quantitative estimate of drug-likeness (QED) is 0.628. The highest BCUT2D eigenvalue weighted by Gasteiger charge is 2.20. The van der Waals surface area contributed by atoms with Crippen molar-refractivity contribution in [1.82, 2.24) is 20.2 Å². The summed E-state index contributed by atoms with van der Waals surface area (Å²) in [7, 11) is 0. The first-order valence-electron chi connectivity index (χ1n) is 7.69. The molecule has 2 heterocycles.